The maximum atomic E-state index is 12.9. The highest BCUT2D eigenvalue weighted by Crippen LogP contribution is 2.37. The molecule has 218 valence electrons. The number of urea groups is 1. The summed E-state index contributed by atoms with van der Waals surface area (Å²) < 4.78 is 5.55. The van der Waals surface area contributed by atoms with E-state index >= 15 is 0 Å². The van der Waals surface area contributed by atoms with Crippen LogP contribution in [0, 0.1) is 6.92 Å². The number of fused-ring (bicyclic) bond motifs is 2. The first-order chi connectivity index (χ1) is 20.3. The molecule has 1 aliphatic heterocycles. The van der Waals surface area contributed by atoms with Crippen LogP contribution in [0.3, 0.4) is 0 Å². The first kappa shape index (κ1) is 29.6. The number of amides is 3. The molecule has 3 N–H and O–H groups in total. The molecule has 1 aliphatic rings. The van der Waals surface area contributed by atoms with Gasteiger partial charge in [0.25, 0.3) is 5.91 Å². The molecule has 1 aromatic heterocycles. The maximum absolute atomic E-state index is 12.9. The van der Waals surface area contributed by atoms with Crippen LogP contribution in [0.4, 0.5) is 10.5 Å². The predicted octanol–water partition coefficient (Wildman–Crippen LogP) is 6.18. The lowest BCUT2D eigenvalue weighted by Crippen LogP contribution is -2.42. The molecule has 0 bridgehead atoms. The lowest BCUT2D eigenvalue weighted by atomic mass is 9.87. The second-order valence-electron chi connectivity index (χ2n) is 10.3. The summed E-state index contributed by atoms with van der Waals surface area (Å²) in [5, 5.41) is 10.6. The van der Waals surface area contributed by atoms with Gasteiger partial charge in [-0.2, -0.15) is 0 Å². The Hall–Kier alpha value is -3.85. The molecule has 0 saturated carbocycles. The highest BCUT2D eigenvalue weighted by molar-refractivity contribution is 6.42. The molecule has 10 heteroatoms. The number of anilines is 1. The maximum Gasteiger partial charge on any atom is 0.319 e. The summed E-state index contributed by atoms with van der Waals surface area (Å²) >= 11 is 12.5. The van der Waals surface area contributed by atoms with Crippen LogP contribution in [0.2, 0.25) is 10.0 Å². The Morgan fingerprint density at radius 3 is 2.64 bits per heavy atom. The average molecular weight is 607 g/mol. The second kappa shape index (κ2) is 13.0. The smallest absolute Gasteiger partial charge is 0.319 e. The van der Waals surface area contributed by atoms with Crippen molar-refractivity contribution in [2.75, 3.05) is 39.1 Å². The number of halogens is 2. The van der Waals surface area contributed by atoms with Crippen LogP contribution < -0.4 is 20.7 Å². The van der Waals surface area contributed by atoms with Crippen molar-refractivity contribution in [3.63, 3.8) is 0 Å². The minimum Gasteiger partial charge on any atom is -0.496 e. The number of aromatic nitrogens is 1. The summed E-state index contributed by atoms with van der Waals surface area (Å²) in [6, 6.07) is 18.8. The van der Waals surface area contributed by atoms with Gasteiger partial charge in [-0.05, 0) is 72.9 Å². The molecule has 8 nitrogen and oxygen atoms in total. The fourth-order valence-corrected chi connectivity index (χ4v) is 5.87. The van der Waals surface area contributed by atoms with Crippen LogP contribution in [0.15, 0.2) is 60.7 Å². The topological polar surface area (TPSA) is 95.6 Å². The highest BCUT2D eigenvalue weighted by Gasteiger charge is 2.30. The molecular weight excluding hydrogens is 573 g/mol. The average Bonchev–Trinajstić information content (AvgIpc) is 2.98. The molecule has 5 rings (SSSR count). The van der Waals surface area contributed by atoms with E-state index in [2.05, 4.69) is 25.8 Å². The third kappa shape index (κ3) is 6.46. The molecule has 0 radical (unpaired) electrons. The van der Waals surface area contributed by atoms with Gasteiger partial charge in [0, 0.05) is 43.8 Å². The van der Waals surface area contributed by atoms with Crippen molar-refractivity contribution >= 4 is 51.7 Å². The summed E-state index contributed by atoms with van der Waals surface area (Å²) in [6.07, 6.45) is 1.43. The van der Waals surface area contributed by atoms with Crippen LogP contribution in [0.1, 0.15) is 38.8 Å². The zero-order valence-electron chi connectivity index (χ0n) is 23.8. The molecule has 1 atom stereocenters. The van der Waals surface area contributed by atoms with E-state index in [1.54, 1.807) is 20.2 Å². The number of hydrogen-bond donors (Lipinski definition) is 3. The quantitative estimate of drug-likeness (QED) is 0.223. The Morgan fingerprint density at radius 2 is 1.88 bits per heavy atom. The van der Waals surface area contributed by atoms with Gasteiger partial charge >= 0.3 is 6.03 Å². The van der Waals surface area contributed by atoms with Crippen LogP contribution >= 0.6 is 23.2 Å². The number of rotatable bonds is 8. The van der Waals surface area contributed by atoms with Gasteiger partial charge in [-0.3, -0.25) is 14.7 Å². The number of para-hydroxylation sites is 1. The Balaban J connectivity index is 1.36. The molecular formula is C32H33Cl2N5O3. The van der Waals surface area contributed by atoms with Crippen molar-refractivity contribution in [1.82, 2.24) is 20.5 Å². The first-order valence-corrected chi connectivity index (χ1v) is 14.5. The van der Waals surface area contributed by atoms with Crippen molar-refractivity contribution < 1.29 is 14.3 Å². The Morgan fingerprint density at radius 1 is 1.07 bits per heavy atom. The zero-order chi connectivity index (χ0) is 29.8. The molecule has 4 aromatic rings. The van der Waals surface area contributed by atoms with Crippen molar-refractivity contribution in [2.24, 2.45) is 0 Å². The van der Waals surface area contributed by atoms with Gasteiger partial charge in [0.2, 0.25) is 0 Å². The van der Waals surface area contributed by atoms with Gasteiger partial charge in [0.1, 0.15) is 5.75 Å². The van der Waals surface area contributed by atoms with E-state index in [0.29, 0.717) is 40.9 Å². The van der Waals surface area contributed by atoms with Crippen LogP contribution in [0.5, 0.6) is 5.75 Å². The number of pyridine rings is 1. The SMILES string of the molecule is CNC(=O)c1cc2c(cc1OC)CCN(CCNC(=O)Nc1cc(C)nc3ccccc13)C2Cc1ccc(Cl)c(Cl)c1. The Bertz CT molecular complexity index is 1640. The molecule has 3 aromatic carbocycles. The predicted molar refractivity (Wildman–Crippen MR) is 168 cm³/mol. The van der Waals surface area contributed by atoms with Crippen molar-refractivity contribution in [1.29, 1.82) is 0 Å². The van der Waals surface area contributed by atoms with Gasteiger partial charge < -0.3 is 20.7 Å². The second-order valence-corrected chi connectivity index (χ2v) is 11.1. The fraction of sp³-hybridized carbons (Fsp3) is 0.281. The van der Waals surface area contributed by atoms with E-state index in [4.69, 9.17) is 27.9 Å². The molecule has 42 heavy (non-hydrogen) atoms. The van der Waals surface area contributed by atoms with E-state index in [9.17, 15) is 9.59 Å². The van der Waals surface area contributed by atoms with Gasteiger partial charge in [-0.15, -0.1) is 0 Å². The van der Waals surface area contributed by atoms with E-state index in [-0.39, 0.29) is 18.0 Å². The van der Waals surface area contributed by atoms with E-state index < -0.39 is 0 Å². The summed E-state index contributed by atoms with van der Waals surface area (Å²) in [7, 11) is 3.18. The highest BCUT2D eigenvalue weighted by atomic mass is 35.5. The number of benzene rings is 3. The minimum absolute atomic E-state index is 0.0584. The zero-order valence-corrected chi connectivity index (χ0v) is 25.3. The van der Waals surface area contributed by atoms with Crippen LogP contribution in [-0.2, 0) is 12.8 Å². The number of carbonyl (C=O) groups excluding carboxylic acids is 2. The van der Waals surface area contributed by atoms with Gasteiger partial charge in [-0.1, -0.05) is 47.5 Å². The summed E-state index contributed by atoms with van der Waals surface area (Å²) in [5.41, 5.74) is 6.07. The summed E-state index contributed by atoms with van der Waals surface area (Å²) in [4.78, 5) is 32.5. The van der Waals surface area contributed by atoms with E-state index in [1.807, 2.05) is 61.5 Å². The number of methoxy groups -OCH3 is 1. The van der Waals surface area contributed by atoms with Crippen molar-refractivity contribution in [2.45, 2.75) is 25.8 Å². The fourth-order valence-electron chi connectivity index (χ4n) is 5.55. The molecule has 1 unspecified atom stereocenters. The molecule has 2 heterocycles. The lowest BCUT2D eigenvalue weighted by molar-refractivity contribution is 0.0959. The number of hydrogen-bond acceptors (Lipinski definition) is 5. The third-order valence-electron chi connectivity index (χ3n) is 7.59. The van der Waals surface area contributed by atoms with Gasteiger partial charge in [-0.25, -0.2) is 4.79 Å². The van der Waals surface area contributed by atoms with Crippen molar-refractivity contribution in [3.8, 4) is 5.75 Å². The monoisotopic (exact) mass is 605 g/mol. The first-order valence-electron chi connectivity index (χ1n) is 13.8. The van der Waals surface area contributed by atoms with Crippen LogP contribution in [-0.4, -0.2) is 55.6 Å². The molecule has 0 fully saturated rings. The van der Waals surface area contributed by atoms with Crippen LogP contribution in [0.25, 0.3) is 10.9 Å². The number of nitrogens with one attached hydrogen (secondary N) is 3. The normalized spacial score (nSPS) is 14.7. The molecule has 3 amide bonds. The number of ether oxygens (including phenoxy) is 1. The summed E-state index contributed by atoms with van der Waals surface area (Å²) in [5.74, 6) is 0.337. The summed E-state index contributed by atoms with van der Waals surface area (Å²) in [6.45, 7) is 3.72. The Kier molecular flexibility index (Phi) is 9.16. The van der Waals surface area contributed by atoms with Gasteiger partial charge in [0.05, 0.1) is 33.9 Å². The number of aryl methyl sites for hydroxylation is 1. The third-order valence-corrected chi connectivity index (χ3v) is 8.33. The molecule has 0 spiro atoms. The standard InChI is InChI=1S/C32H33Cl2N5O3/c1-19-14-28(22-6-4-5-7-27(22)37-19)38-32(41)36-11-13-39-12-10-21-17-30(42-3)24(31(40)35-2)18-23(21)29(39)16-20-8-9-25(33)26(34)15-20/h4-9,14-15,17-18,29H,10-13,16H2,1-3H3,(H,35,40)(H2,36,37,38,41). The van der Waals surface area contributed by atoms with E-state index in [0.717, 1.165) is 51.9 Å². The van der Waals surface area contributed by atoms with Gasteiger partial charge in [0.15, 0.2) is 0 Å². The number of nitrogens with zero attached hydrogens (tertiary/aromatic N) is 2. The minimum atomic E-state index is -0.282. The van der Waals surface area contributed by atoms with E-state index in [1.165, 1.54) is 0 Å². The lowest BCUT2D eigenvalue weighted by Gasteiger charge is -2.38. The Labute approximate surface area is 255 Å². The molecule has 0 saturated heterocycles. The van der Waals surface area contributed by atoms with Crippen molar-refractivity contribution in [3.05, 3.63) is 98.7 Å². The largest absolute Gasteiger partial charge is 0.496 e. The molecule has 0 aliphatic carbocycles. The number of carbonyl (C=O) groups is 2.